The number of benzene rings is 1. The van der Waals surface area contributed by atoms with Crippen LogP contribution < -0.4 is 0 Å². The van der Waals surface area contributed by atoms with E-state index in [9.17, 15) is 4.79 Å². The lowest BCUT2D eigenvalue weighted by Gasteiger charge is -2.30. The number of carbonyl (C=O) groups is 1. The van der Waals surface area contributed by atoms with Gasteiger partial charge >= 0.3 is 0 Å². The molecule has 3 heterocycles. The van der Waals surface area contributed by atoms with E-state index in [2.05, 4.69) is 48.6 Å². The Hall–Kier alpha value is -2.14. The lowest BCUT2D eigenvalue weighted by molar-refractivity contribution is -0.126. The largest absolute Gasteiger partial charge is 0.345 e. The number of imidazole rings is 1. The maximum atomic E-state index is 11.9. The molecule has 2 saturated heterocycles. The van der Waals surface area contributed by atoms with E-state index in [-0.39, 0.29) is 5.91 Å². The maximum Gasteiger partial charge on any atom is 0.222 e. The highest BCUT2D eigenvalue weighted by molar-refractivity contribution is 5.78. The molecule has 5 heteroatoms. The van der Waals surface area contributed by atoms with Gasteiger partial charge in [0, 0.05) is 57.0 Å². The highest BCUT2D eigenvalue weighted by Crippen LogP contribution is 2.29. The minimum absolute atomic E-state index is 0.251. The molecule has 1 amide bonds. The van der Waals surface area contributed by atoms with Gasteiger partial charge in [-0.25, -0.2) is 4.98 Å². The smallest absolute Gasteiger partial charge is 0.222 e. The molecule has 29 heavy (non-hydrogen) atoms. The molecule has 0 N–H and O–H groups in total. The first-order valence-electron chi connectivity index (χ1n) is 11.0. The summed E-state index contributed by atoms with van der Waals surface area (Å²) in [4.78, 5) is 21.1. The van der Waals surface area contributed by atoms with Crippen LogP contribution in [0.1, 0.15) is 42.9 Å². The number of nitrogens with zero attached hydrogens (tertiary/aromatic N) is 4. The molecule has 1 aromatic carbocycles. The van der Waals surface area contributed by atoms with Crippen LogP contribution in [0, 0.1) is 25.7 Å². The van der Waals surface area contributed by atoms with Crippen molar-refractivity contribution < 1.29 is 4.79 Å². The van der Waals surface area contributed by atoms with Crippen molar-refractivity contribution in [3.05, 3.63) is 41.2 Å². The van der Waals surface area contributed by atoms with Gasteiger partial charge in [-0.1, -0.05) is 13.0 Å². The number of amides is 1. The van der Waals surface area contributed by atoms with Crippen LogP contribution in [0.15, 0.2) is 24.5 Å². The Kier molecular flexibility index (Phi) is 5.77. The van der Waals surface area contributed by atoms with Gasteiger partial charge in [-0.2, -0.15) is 0 Å². The molecule has 0 radical (unpaired) electrons. The highest BCUT2D eigenvalue weighted by atomic mass is 16.2. The van der Waals surface area contributed by atoms with Crippen molar-refractivity contribution in [1.82, 2.24) is 19.4 Å². The Balaban J connectivity index is 1.56. The molecular formula is C24H34N4O. The summed E-state index contributed by atoms with van der Waals surface area (Å²) in [6.45, 7) is 11.9. The average Bonchev–Trinajstić information content (AvgIpc) is 3.25. The van der Waals surface area contributed by atoms with Crippen molar-refractivity contribution in [1.29, 1.82) is 0 Å². The third-order valence-electron chi connectivity index (χ3n) is 6.79. The number of piperidine rings is 1. The molecule has 4 rings (SSSR count). The number of hydrogen-bond donors (Lipinski definition) is 0. The second-order valence-electron chi connectivity index (χ2n) is 9.30. The van der Waals surface area contributed by atoms with E-state index in [1.165, 1.54) is 48.2 Å². The van der Waals surface area contributed by atoms with E-state index in [1.807, 2.05) is 18.1 Å². The van der Waals surface area contributed by atoms with Crippen molar-refractivity contribution in [2.24, 2.45) is 11.8 Å². The molecule has 1 aromatic heterocycles. The summed E-state index contributed by atoms with van der Waals surface area (Å²) in [5, 5.41) is 0. The normalized spacial score (nSPS) is 21.3. The van der Waals surface area contributed by atoms with Gasteiger partial charge in [0.2, 0.25) is 5.91 Å². The Labute approximate surface area is 174 Å². The van der Waals surface area contributed by atoms with Crippen LogP contribution in [0.25, 0.3) is 11.4 Å². The summed E-state index contributed by atoms with van der Waals surface area (Å²) in [7, 11) is 1.90. The monoisotopic (exact) mass is 394 g/mol. The van der Waals surface area contributed by atoms with Crippen molar-refractivity contribution >= 4 is 5.91 Å². The number of likely N-dealkylation sites (tertiary alicyclic amines) is 2. The van der Waals surface area contributed by atoms with Crippen LogP contribution in [-0.4, -0.2) is 51.9 Å². The van der Waals surface area contributed by atoms with E-state index in [1.54, 1.807) is 0 Å². The summed E-state index contributed by atoms with van der Waals surface area (Å²) in [5.41, 5.74) is 5.26. The van der Waals surface area contributed by atoms with Crippen LogP contribution in [0.4, 0.5) is 0 Å². The average molecular weight is 395 g/mol. The Bertz CT molecular complexity index is 879. The van der Waals surface area contributed by atoms with Crippen molar-refractivity contribution in [2.45, 2.75) is 53.1 Å². The standard InChI is InChI=1S/C24H34N4O/c1-17-5-8-27(9-6-17)16-21-13-22(19(3)11-18(21)2)24-25-7-10-28(24)15-20-12-23(29)26(4)14-20/h7,10-11,13,17,20H,5-6,8-9,12,14-16H2,1-4H3. The van der Waals surface area contributed by atoms with Gasteiger partial charge in [0.25, 0.3) is 0 Å². The number of aromatic nitrogens is 2. The predicted octanol–water partition coefficient (Wildman–Crippen LogP) is 3.88. The minimum Gasteiger partial charge on any atom is -0.345 e. The van der Waals surface area contributed by atoms with Crippen LogP contribution in [0.5, 0.6) is 0 Å². The Morgan fingerprint density at radius 1 is 1.14 bits per heavy atom. The molecular weight excluding hydrogens is 360 g/mol. The molecule has 2 fully saturated rings. The molecule has 0 spiro atoms. The zero-order valence-electron chi connectivity index (χ0n) is 18.3. The number of aryl methyl sites for hydroxylation is 2. The first kappa shape index (κ1) is 20.1. The topological polar surface area (TPSA) is 41.4 Å². The van der Waals surface area contributed by atoms with Crippen LogP contribution >= 0.6 is 0 Å². The number of carbonyl (C=O) groups excluding carboxylic acids is 1. The van der Waals surface area contributed by atoms with E-state index in [0.29, 0.717) is 12.3 Å². The molecule has 0 aliphatic carbocycles. The van der Waals surface area contributed by atoms with E-state index in [0.717, 1.165) is 31.4 Å². The summed E-state index contributed by atoms with van der Waals surface area (Å²) in [5.74, 6) is 2.50. The molecule has 5 nitrogen and oxygen atoms in total. The van der Waals surface area contributed by atoms with E-state index < -0.39 is 0 Å². The van der Waals surface area contributed by atoms with Crippen molar-refractivity contribution in [2.75, 3.05) is 26.7 Å². The summed E-state index contributed by atoms with van der Waals surface area (Å²) >= 11 is 0. The lowest BCUT2D eigenvalue weighted by atomic mass is 9.96. The molecule has 1 unspecified atom stereocenters. The van der Waals surface area contributed by atoms with Crippen LogP contribution in [-0.2, 0) is 17.9 Å². The molecule has 2 aliphatic heterocycles. The fraction of sp³-hybridized carbons (Fsp3) is 0.583. The summed E-state index contributed by atoms with van der Waals surface area (Å²) < 4.78 is 2.24. The van der Waals surface area contributed by atoms with Gasteiger partial charge in [-0.3, -0.25) is 9.69 Å². The highest BCUT2D eigenvalue weighted by Gasteiger charge is 2.27. The van der Waals surface area contributed by atoms with Crippen molar-refractivity contribution in [3.8, 4) is 11.4 Å². The van der Waals surface area contributed by atoms with E-state index >= 15 is 0 Å². The lowest BCUT2D eigenvalue weighted by Crippen LogP contribution is -2.32. The second kappa shape index (κ2) is 8.31. The SMILES string of the molecule is Cc1cc(C)c(-c2nccn2CC2CC(=O)N(C)C2)cc1CN1CCC(C)CC1. The number of hydrogen-bond acceptors (Lipinski definition) is 3. The molecule has 0 bridgehead atoms. The molecule has 1 atom stereocenters. The van der Waals surface area contributed by atoms with Gasteiger partial charge in [0.1, 0.15) is 5.82 Å². The maximum absolute atomic E-state index is 11.9. The van der Waals surface area contributed by atoms with Crippen LogP contribution in [0.2, 0.25) is 0 Å². The predicted molar refractivity (Wildman–Crippen MR) is 117 cm³/mol. The zero-order chi connectivity index (χ0) is 20.5. The zero-order valence-corrected chi connectivity index (χ0v) is 18.3. The fourth-order valence-corrected chi connectivity index (χ4v) is 4.83. The van der Waals surface area contributed by atoms with Gasteiger partial charge in [0.05, 0.1) is 0 Å². The van der Waals surface area contributed by atoms with Gasteiger partial charge in [-0.05, 0) is 68.5 Å². The molecule has 2 aliphatic rings. The fourth-order valence-electron chi connectivity index (χ4n) is 4.83. The Morgan fingerprint density at radius 3 is 2.59 bits per heavy atom. The Morgan fingerprint density at radius 2 is 1.90 bits per heavy atom. The molecule has 0 saturated carbocycles. The quantitative estimate of drug-likeness (QED) is 0.773. The minimum atomic E-state index is 0.251. The van der Waals surface area contributed by atoms with Gasteiger partial charge < -0.3 is 9.47 Å². The van der Waals surface area contributed by atoms with Gasteiger partial charge in [-0.15, -0.1) is 0 Å². The summed E-state index contributed by atoms with van der Waals surface area (Å²) in [6.07, 6.45) is 7.19. The third kappa shape index (κ3) is 4.40. The first-order valence-corrected chi connectivity index (χ1v) is 11.0. The summed E-state index contributed by atoms with van der Waals surface area (Å²) in [6, 6.07) is 4.66. The second-order valence-corrected chi connectivity index (χ2v) is 9.30. The number of rotatable bonds is 5. The van der Waals surface area contributed by atoms with Crippen LogP contribution in [0.3, 0.4) is 0 Å². The van der Waals surface area contributed by atoms with Gasteiger partial charge in [0.15, 0.2) is 0 Å². The molecule has 156 valence electrons. The van der Waals surface area contributed by atoms with E-state index in [4.69, 9.17) is 4.98 Å². The first-order chi connectivity index (χ1) is 13.9. The third-order valence-corrected chi connectivity index (χ3v) is 6.79. The molecule has 2 aromatic rings. The van der Waals surface area contributed by atoms with Crippen molar-refractivity contribution in [3.63, 3.8) is 0 Å².